The van der Waals surface area contributed by atoms with E-state index in [0.29, 0.717) is 26.1 Å². The molecule has 0 radical (unpaired) electrons. The average molecular weight is 409 g/mol. The average Bonchev–Trinajstić information content (AvgIpc) is 2.78. The number of benzene rings is 2. The molecule has 2 aromatic carbocycles. The Hall–Kier alpha value is -2.82. The molecular weight excluding hydrogens is 376 g/mol. The van der Waals surface area contributed by atoms with E-state index in [1.807, 2.05) is 73.5 Å². The van der Waals surface area contributed by atoms with E-state index >= 15 is 0 Å². The van der Waals surface area contributed by atoms with Gasteiger partial charge in [-0.2, -0.15) is 0 Å². The molecule has 1 unspecified atom stereocenters. The molecule has 1 aliphatic heterocycles. The Bertz CT molecular complexity index is 837. The second-order valence-corrected chi connectivity index (χ2v) is 8.07. The number of ether oxygens (including phenoxy) is 1. The standard InChI is InChI=1S/C25H32N2O3/c1-20-10-6-7-14-23(20)30-17-9-15-26(2)25(29)22-13-8-16-27(19-22)24(28)18-21-11-4-3-5-12-21/h3-7,10-12,14,22H,8-9,13,15-19H2,1-2H3. The fourth-order valence-corrected chi connectivity index (χ4v) is 3.91. The summed E-state index contributed by atoms with van der Waals surface area (Å²) in [7, 11) is 1.85. The van der Waals surface area contributed by atoms with Crippen LogP contribution in [0, 0.1) is 12.8 Å². The molecule has 0 N–H and O–H groups in total. The van der Waals surface area contributed by atoms with E-state index in [9.17, 15) is 9.59 Å². The van der Waals surface area contributed by atoms with Crippen LogP contribution in [0.4, 0.5) is 0 Å². The van der Waals surface area contributed by atoms with Crippen molar-refractivity contribution in [3.05, 3.63) is 65.7 Å². The molecule has 0 aromatic heterocycles. The zero-order valence-corrected chi connectivity index (χ0v) is 18.0. The summed E-state index contributed by atoms with van der Waals surface area (Å²) in [6.45, 7) is 4.52. The lowest BCUT2D eigenvalue weighted by Gasteiger charge is -2.34. The Kier molecular flexibility index (Phi) is 7.89. The summed E-state index contributed by atoms with van der Waals surface area (Å²) in [5.74, 6) is 1.02. The van der Waals surface area contributed by atoms with Gasteiger partial charge in [0.1, 0.15) is 5.75 Å². The van der Waals surface area contributed by atoms with Crippen LogP contribution in [0.2, 0.25) is 0 Å². The summed E-state index contributed by atoms with van der Waals surface area (Å²) in [4.78, 5) is 29.2. The lowest BCUT2D eigenvalue weighted by molar-refractivity contribution is -0.139. The molecule has 5 nitrogen and oxygen atoms in total. The fraction of sp³-hybridized carbons (Fsp3) is 0.440. The number of carbonyl (C=O) groups excluding carboxylic acids is 2. The van der Waals surface area contributed by atoms with Gasteiger partial charge in [-0.3, -0.25) is 9.59 Å². The highest BCUT2D eigenvalue weighted by atomic mass is 16.5. The summed E-state index contributed by atoms with van der Waals surface area (Å²) in [5, 5.41) is 0. The SMILES string of the molecule is Cc1ccccc1OCCCN(C)C(=O)C1CCCN(C(=O)Cc2ccccc2)C1. The van der Waals surface area contributed by atoms with E-state index in [-0.39, 0.29) is 17.7 Å². The minimum atomic E-state index is -0.110. The third-order valence-corrected chi connectivity index (χ3v) is 5.69. The number of amides is 2. The van der Waals surface area contributed by atoms with E-state index in [0.717, 1.165) is 42.7 Å². The number of rotatable bonds is 8. The van der Waals surface area contributed by atoms with E-state index in [2.05, 4.69) is 0 Å². The fourth-order valence-electron chi connectivity index (χ4n) is 3.91. The number of carbonyl (C=O) groups is 2. The predicted molar refractivity (Wildman–Crippen MR) is 118 cm³/mol. The molecule has 160 valence electrons. The van der Waals surface area contributed by atoms with Crippen LogP contribution in [0.25, 0.3) is 0 Å². The molecule has 0 saturated carbocycles. The Labute approximate surface area is 179 Å². The van der Waals surface area contributed by atoms with Crippen molar-refractivity contribution >= 4 is 11.8 Å². The number of hydrogen-bond acceptors (Lipinski definition) is 3. The van der Waals surface area contributed by atoms with Gasteiger partial charge in [0.15, 0.2) is 0 Å². The largest absolute Gasteiger partial charge is 0.493 e. The molecular formula is C25H32N2O3. The second-order valence-electron chi connectivity index (χ2n) is 8.07. The van der Waals surface area contributed by atoms with Gasteiger partial charge in [0, 0.05) is 26.7 Å². The molecule has 1 aliphatic rings. The van der Waals surface area contributed by atoms with Crippen LogP contribution < -0.4 is 4.74 Å². The molecule has 30 heavy (non-hydrogen) atoms. The highest BCUT2D eigenvalue weighted by molar-refractivity contribution is 5.82. The van der Waals surface area contributed by atoms with Crippen molar-refractivity contribution in [1.29, 1.82) is 0 Å². The summed E-state index contributed by atoms with van der Waals surface area (Å²) in [6, 6.07) is 17.7. The lowest BCUT2D eigenvalue weighted by Crippen LogP contribution is -2.46. The summed E-state index contributed by atoms with van der Waals surface area (Å²) < 4.78 is 5.83. The van der Waals surface area contributed by atoms with Gasteiger partial charge in [0.2, 0.25) is 11.8 Å². The molecule has 3 rings (SSSR count). The number of aryl methyl sites for hydroxylation is 1. The van der Waals surface area contributed by atoms with Crippen molar-refractivity contribution < 1.29 is 14.3 Å². The first-order valence-corrected chi connectivity index (χ1v) is 10.8. The van der Waals surface area contributed by atoms with Gasteiger partial charge in [-0.25, -0.2) is 0 Å². The normalized spacial score (nSPS) is 16.2. The van der Waals surface area contributed by atoms with Crippen LogP contribution in [0.3, 0.4) is 0 Å². The Morgan fingerprint density at radius 2 is 1.83 bits per heavy atom. The van der Waals surface area contributed by atoms with Crippen molar-refractivity contribution in [2.45, 2.75) is 32.6 Å². The van der Waals surface area contributed by atoms with Crippen molar-refractivity contribution in [3.8, 4) is 5.75 Å². The molecule has 2 aromatic rings. The number of nitrogens with zero attached hydrogens (tertiary/aromatic N) is 2. The molecule has 0 aliphatic carbocycles. The monoisotopic (exact) mass is 408 g/mol. The van der Waals surface area contributed by atoms with E-state index < -0.39 is 0 Å². The van der Waals surface area contributed by atoms with Crippen LogP contribution in [-0.2, 0) is 16.0 Å². The molecule has 5 heteroatoms. The first-order chi connectivity index (χ1) is 14.5. The van der Waals surface area contributed by atoms with Crippen LogP contribution >= 0.6 is 0 Å². The molecule has 1 heterocycles. The van der Waals surface area contributed by atoms with Crippen molar-refractivity contribution in [1.82, 2.24) is 9.80 Å². The van der Waals surface area contributed by atoms with Gasteiger partial charge in [0.05, 0.1) is 18.9 Å². The van der Waals surface area contributed by atoms with Crippen LogP contribution in [0.5, 0.6) is 5.75 Å². The van der Waals surface area contributed by atoms with Crippen LogP contribution in [-0.4, -0.2) is 54.9 Å². The molecule has 1 fully saturated rings. The molecule has 2 amide bonds. The predicted octanol–water partition coefficient (Wildman–Crippen LogP) is 3.70. The van der Waals surface area contributed by atoms with Gasteiger partial charge in [-0.15, -0.1) is 0 Å². The minimum absolute atomic E-state index is 0.105. The number of para-hydroxylation sites is 1. The van der Waals surface area contributed by atoms with Crippen molar-refractivity contribution in [2.75, 3.05) is 33.3 Å². The van der Waals surface area contributed by atoms with Crippen LogP contribution in [0.1, 0.15) is 30.4 Å². The third-order valence-electron chi connectivity index (χ3n) is 5.69. The highest BCUT2D eigenvalue weighted by Gasteiger charge is 2.30. The smallest absolute Gasteiger partial charge is 0.227 e. The topological polar surface area (TPSA) is 49.9 Å². The van der Waals surface area contributed by atoms with Gasteiger partial charge in [-0.1, -0.05) is 48.5 Å². The van der Waals surface area contributed by atoms with Gasteiger partial charge in [-0.05, 0) is 43.4 Å². The Morgan fingerprint density at radius 3 is 2.60 bits per heavy atom. The number of likely N-dealkylation sites (tertiary alicyclic amines) is 1. The van der Waals surface area contributed by atoms with Gasteiger partial charge in [0.25, 0.3) is 0 Å². The maximum atomic E-state index is 12.9. The van der Waals surface area contributed by atoms with Gasteiger partial charge < -0.3 is 14.5 Å². The maximum absolute atomic E-state index is 12.9. The second kappa shape index (κ2) is 10.8. The van der Waals surface area contributed by atoms with E-state index in [1.165, 1.54) is 0 Å². The zero-order valence-electron chi connectivity index (χ0n) is 18.0. The summed E-state index contributed by atoms with van der Waals surface area (Å²) >= 11 is 0. The first kappa shape index (κ1) is 21.9. The Morgan fingerprint density at radius 1 is 1.10 bits per heavy atom. The maximum Gasteiger partial charge on any atom is 0.227 e. The van der Waals surface area contributed by atoms with E-state index in [1.54, 1.807) is 4.90 Å². The molecule has 1 atom stereocenters. The summed E-state index contributed by atoms with van der Waals surface area (Å²) in [6.07, 6.45) is 2.90. The zero-order chi connectivity index (χ0) is 21.3. The first-order valence-electron chi connectivity index (χ1n) is 10.8. The van der Waals surface area contributed by atoms with Crippen LogP contribution in [0.15, 0.2) is 54.6 Å². The summed E-state index contributed by atoms with van der Waals surface area (Å²) in [5.41, 5.74) is 2.13. The third kappa shape index (κ3) is 6.09. The van der Waals surface area contributed by atoms with E-state index in [4.69, 9.17) is 4.74 Å². The van der Waals surface area contributed by atoms with Crippen molar-refractivity contribution in [2.24, 2.45) is 5.92 Å². The minimum Gasteiger partial charge on any atom is -0.493 e. The molecule has 0 spiro atoms. The molecule has 1 saturated heterocycles. The highest BCUT2D eigenvalue weighted by Crippen LogP contribution is 2.20. The number of hydrogen-bond donors (Lipinski definition) is 0. The molecule has 0 bridgehead atoms. The number of piperidine rings is 1. The Balaban J connectivity index is 1.43. The quantitative estimate of drug-likeness (QED) is 0.626. The van der Waals surface area contributed by atoms with Gasteiger partial charge >= 0.3 is 0 Å². The van der Waals surface area contributed by atoms with Crippen molar-refractivity contribution in [3.63, 3.8) is 0 Å². The lowest BCUT2D eigenvalue weighted by atomic mass is 9.96.